The highest BCUT2D eigenvalue weighted by molar-refractivity contribution is 7.99. The summed E-state index contributed by atoms with van der Waals surface area (Å²) in [7, 11) is 2.41. The molecule has 0 radical (unpaired) electrons. The van der Waals surface area contributed by atoms with Crippen molar-refractivity contribution in [1.29, 1.82) is 0 Å². The molecule has 0 unspecified atom stereocenters. The number of hydrogen-bond acceptors (Lipinski definition) is 2. The SMILES string of the molecule is C=CS(=NC)(=NC)C(C)C. The summed E-state index contributed by atoms with van der Waals surface area (Å²) in [5.74, 6) is 0. The van der Waals surface area contributed by atoms with E-state index in [0.717, 1.165) is 0 Å². The van der Waals surface area contributed by atoms with Gasteiger partial charge in [0, 0.05) is 19.3 Å². The molecular formula is C7H16N2S. The minimum absolute atomic E-state index is 0.472. The molecule has 0 aliphatic carbocycles. The third kappa shape index (κ3) is 1.59. The lowest BCUT2D eigenvalue weighted by Crippen LogP contribution is -2.09. The number of hydrogen-bond donors (Lipinski definition) is 0. The van der Waals surface area contributed by atoms with E-state index in [1.807, 2.05) is 19.5 Å². The lowest BCUT2D eigenvalue weighted by atomic mass is 10.6. The number of nitrogens with zero attached hydrogens (tertiary/aromatic N) is 2. The van der Waals surface area contributed by atoms with Crippen molar-refractivity contribution in [2.75, 3.05) is 14.1 Å². The second-order valence-electron chi connectivity index (χ2n) is 2.22. The van der Waals surface area contributed by atoms with E-state index in [-0.39, 0.29) is 0 Å². The Kier molecular flexibility index (Phi) is 3.64. The van der Waals surface area contributed by atoms with E-state index >= 15 is 0 Å². The highest BCUT2D eigenvalue weighted by Gasteiger charge is 2.03. The Morgan fingerprint density at radius 3 is 1.70 bits per heavy atom. The van der Waals surface area contributed by atoms with Gasteiger partial charge in [-0.1, -0.05) is 20.4 Å². The molecule has 0 fully saturated rings. The summed E-state index contributed by atoms with van der Waals surface area (Å²) in [6.07, 6.45) is 0. The Morgan fingerprint density at radius 2 is 1.70 bits per heavy atom. The first kappa shape index (κ1) is 9.69. The molecule has 0 saturated carbocycles. The predicted molar refractivity (Wildman–Crippen MR) is 49.4 cm³/mol. The van der Waals surface area contributed by atoms with Crippen molar-refractivity contribution >= 4 is 9.62 Å². The van der Waals surface area contributed by atoms with Crippen LogP contribution in [0.4, 0.5) is 0 Å². The van der Waals surface area contributed by atoms with Gasteiger partial charge in [0.1, 0.15) is 0 Å². The highest BCUT2D eigenvalue weighted by Crippen LogP contribution is 2.09. The molecular weight excluding hydrogens is 144 g/mol. The average Bonchev–Trinajstić information content (AvgIpc) is 1.92. The largest absolute Gasteiger partial charge is 0.254 e. The van der Waals surface area contributed by atoms with Crippen LogP contribution in [0.15, 0.2) is 20.7 Å². The van der Waals surface area contributed by atoms with Crippen LogP contribution in [0.5, 0.6) is 0 Å². The Labute approximate surface area is 64.2 Å². The Hall–Kier alpha value is -0.310. The van der Waals surface area contributed by atoms with E-state index in [9.17, 15) is 0 Å². The topological polar surface area (TPSA) is 24.7 Å². The van der Waals surface area contributed by atoms with Gasteiger partial charge in [0.25, 0.3) is 0 Å². The van der Waals surface area contributed by atoms with Crippen molar-refractivity contribution in [2.24, 2.45) is 8.73 Å². The predicted octanol–water partition coefficient (Wildman–Crippen LogP) is 2.32. The van der Waals surface area contributed by atoms with E-state index in [1.54, 1.807) is 0 Å². The van der Waals surface area contributed by atoms with Crippen LogP contribution in [-0.2, 0) is 9.62 Å². The van der Waals surface area contributed by atoms with Gasteiger partial charge in [0.05, 0.1) is 0 Å². The molecule has 0 atom stereocenters. The Morgan fingerprint density at radius 1 is 1.30 bits per heavy atom. The Bertz CT molecular complexity index is 206. The summed E-state index contributed by atoms with van der Waals surface area (Å²) < 4.78 is 8.51. The first-order chi connectivity index (χ1) is 4.63. The molecule has 3 heteroatoms. The molecule has 10 heavy (non-hydrogen) atoms. The third-order valence-electron chi connectivity index (χ3n) is 1.52. The lowest BCUT2D eigenvalue weighted by Gasteiger charge is -2.13. The zero-order valence-electron chi connectivity index (χ0n) is 7.16. The van der Waals surface area contributed by atoms with Crippen LogP contribution < -0.4 is 0 Å². The normalized spacial score (nSPS) is 11.3. The molecule has 0 aromatic carbocycles. The minimum Gasteiger partial charge on any atom is -0.254 e. The van der Waals surface area contributed by atoms with Gasteiger partial charge < -0.3 is 0 Å². The second-order valence-corrected chi connectivity index (χ2v) is 5.51. The van der Waals surface area contributed by atoms with Gasteiger partial charge in [-0.05, 0) is 15.0 Å². The molecule has 2 nitrogen and oxygen atoms in total. The standard InChI is InChI=1S/C7H16N2S/c1-6-10(8-4,9-5)7(2)3/h6-7H,1H2,2-5H3. The van der Waals surface area contributed by atoms with Crippen molar-refractivity contribution in [3.8, 4) is 0 Å². The van der Waals surface area contributed by atoms with Gasteiger partial charge in [0.2, 0.25) is 0 Å². The van der Waals surface area contributed by atoms with E-state index in [2.05, 4.69) is 29.2 Å². The summed E-state index contributed by atoms with van der Waals surface area (Å²) >= 11 is 0. The van der Waals surface area contributed by atoms with Gasteiger partial charge in [-0.15, -0.1) is 0 Å². The van der Waals surface area contributed by atoms with Gasteiger partial charge in [-0.2, -0.15) is 0 Å². The van der Waals surface area contributed by atoms with E-state index in [0.29, 0.717) is 5.25 Å². The maximum atomic E-state index is 4.25. The fourth-order valence-electron chi connectivity index (χ4n) is 0.845. The molecule has 0 saturated heterocycles. The summed E-state index contributed by atoms with van der Waals surface area (Å²) in [6, 6.07) is 0. The van der Waals surface area contributed by atoms with Crippen LogP contribution in [0, 0.1) is 0 Å². The third-order valence-corrected chi connectivity index (χ3v) is 4.57. The molecule has 0 bridgehead atoms. The zero-order valence-corrected chi connectivity index (χ0v) is 7.98. The molecule has 0 N–H and O–H groups in total. The maximum Gasteiger partial charge on any atom is 0.0360 e. The zero-order chi connectivity index (χ0) is 8.20. The smallest absolute Gasteiger partial charge is 0.0360 e. The van der Waals surface area contributed by atoms with E-state index in [1.165, 1.54) is 0 Å². The van der Waals surface area contributed by atoms with Crippen molar-refractivity contribution in [1.82, 2.24) is 0 Å². The molecule has 0 aliphatic heterocycles. The van der Waals surface area contributed by atoms with Crippen LogP contribution in [0.3, 0.4) is 0 Å². The number of rotatable bonds is 2. The van der Waals surface area contributed by atoms with Crippen LogP contribution in [-0.4, -0.2) is 19.3 Å². The van der Waals surface area contributed by atoms with Crippen LogP contribution in [0.1, 0.15) is 13.8 Å². The maximum absolute atomic E-state index is 4.25. The van der Waals surface area contributed by atoms with Crippen molar-refractivity contribution in [3.63, 3.8) is 0 Å². The molecule has 0 heterocycles. The fourth-order valence-corrected chi connectivity index (χ4v) is 2.53. The first-order valence-electron chi connectivity index (χ1n) is 3.29. The quantitative estimate of drug-likeness (QED) is 0.592. The fraction of sp³-hybridized carbons (Fsp3) is 0.714. The minimum atomic E-state index is -1.21. The van der Waals surface area contributed by atoms with Gasteiger partial charge in [-0.3, -0.25) is 8.73 Å². The van der Waals surface area contributed by atoms with Crippen LogP contribution >= 0.6 is 0 Å². The molecule has 0 rings (SSSR count). The summed E-state index contributed by atoms with van der Waals surface area (Å²) in [4.78, 5) is 0. The summed E-state index contributed by atoms with van der Waals surface area (Å²) in [6.45, 7) is 7.99. The second kappa shape index (κ2) is 3.76. The van der Waals surface area contributed by atoms with Gasteiger partial charge >= 0.3 is 0 Å². The van der Waals surface area contributed by atoms with Gasteiger partial charge in [0.15, 0.2) is 0 Å². The lowest BCUT2D eigenvalue weighted by molar-refractivity contribution is 1.09. The van der Waals surface area contributed by atoms with E-state index < -0.39 is 9.62 Å². The molecule has 0 amide bonds. The van der Waals surface area contributed by atoms with Crippen LogP contribution in [0.2, 0.25) is 0 Å². The average molecular weight is 160 g/mol. The molecule has 60 valence electrons. The van der Waals surface area contributed by atoms with Crippen LogP contribution in [0.25, 0.3) is 0 Å². The van der Waals surface area contributed by atoms with Crippen molar-refractivity contribution in [2.45, 2.75) is 19.1 Å². The van der Waals surface area contributed by atoms with Crippen molar-refractivity contribution in [3.05, 3.63) is 12.0 Å². The molecule has 0 aromatic rings. The van der Waals surface area contributed by atoms with Gasteiger partial charge in [-0.25, -0.2) is 0 Å². The Balaban J connectivity index is 5.11. The van der Waals surface area contributed by atoms with E-state index in [4.69, 9.17) is 0 Å². The molecule has 0 aliphatic rings. The highest BCUT2D eigenvalue weighted by atomic mass is 32.2. The molecule has 0 spiro atoms. The van der Waals surface area contributed by atoms with Crippen molar-refractivity contribution < 1.29 is 0 Å². The monoisotopic (exact) mass is 160 g/mol. The summed E-state index contributed by atoms with van der Waals surface area (Å²) in [5, 5.41) is 2.34. The first-order valence-corrected chi connectivity index (χ1v) is 4.97. The summed E-state index contributed by atoms with van der Waals surface area (Å²) in [5.41, 5.74) is 0. The molecule has 0 aromatic heterocycles.